The van der Waals surface area contributed by atoms with Crippen LogP contribution in [0.15, 0.2) is 18.2 Å². The Morgan fingerprint density at radius 1 is 1.29 bits per heavy atom. The fourth-order valence-electron chi connectivity index (χ4n) is 2.23. The highest BCUT2D eigenvalue weighted by molar-refractivity contribution is 5.37. The van der Waals surface area contributed by atoms with Gasteiger partial charge < -0.3 is 10.5 Å². The van der Waals surface area contributed by atoms with Crippen LogP contribution in [0.4, 0.5) is 0 Å². The highest BCUT2D eigenvalue weighted by Gasteiger charge is 2.15. The molecule has 0 spiro atoms. The second-order valence-electron chi connectivity index (χ2n) is 5.10. The van der Waals surface area contributed by atoms with E-state index >= 15 is 0 Å². The largest absolute Gasteiger partial charge is 0.496 e. The van der Waals surface area contributed by atoms with E-state index in [1.54, 1.807) is 7.11 Å². The van der Waals surface area contributed by atoms with Gasteiger partial charge in [-0.3, -0.25) is 0 Å². The molecule has 2 heteroatoms. The summed E-state index contributed by atoms with van der Waals surface area (Å²) in [4.78, 5) is 0. The first-order chi connectivity index (χ1) is 8.08. The molecule has 0 aliphatic heterocycles. The van der Waals surface area contributed by atoms with Gasteiger partial charge in [-0.2, -0.15) is 0 Å². The zero-order chi connectivity index (χ0) is 12.8. The number of benzene rings is 1. The average molecular weight is 235 g/mol. The van der Waals surface area contributed by atoms with E-state index < -0.39 is 0 Å². The van der Waals surface area contributed by atoms with Crippen molar-refractivity contribution in [3.05, 3.63) is 29.3 Å². The van der Waals surface area contributed by atoms with Gasteiger partial charge in [0.2, 0.25) is 0 Å². The predicted molar refractivity (Wildman–Crippen MR) is 73.4 cm³/mol. The van der Waals surface area contributed by atoms with E-state index in [1.165, 1.54) is 11.1 Å². The molecule has 0 bridgehead atoms. The van der Waals surface area contributed by atoms with Crippen molar-refractivity contribution in [1.29, 1.82) is 0 Å². The van der Waals surface area contributed by atoms with E-state index in [1.807, 2.05) is 0 Å². The van der Waals surface area contributed by atoms with Gasteiger partial charge in [-0.1, -0.05) is 31.5 Å². The molecule has 0 heterocycles. The lowest BCUT2D eigenvalue weighted by atomic mass is 9.86. The predicted octanol–water partition coefficient (Wildman–Crippen LogP) is 3.17. The topological polar surface area (TPSA) is 35.2 Å². The number of hydrogen-bond donors (Lipinski definition) is 1. The normalized spacial score (nSPS) is 12.8. The van der Waals surface area contributed by atoms with Crippen molar-refractivity contribution in [2.45, 2.75) is 33.6 Å². The maximum Gasteiger partial charge on any atom is 0.122 e. The van der Waals surface area contributed by atoms with E-state index in [-0.39, 0.29) is 0 Å². The third-order valence-electron chi connectivity index (χ3n) is 3.40. The second-order valence-corrected chi connectivity index (χ2v) is 5.10. The minimum absolute atomic E-state index is 0.635. The third kappa shape index (κ3) is 4.04. The molecule has 0 aromatic heterocycles. The second kappa shape index (κ2) is 6.65. The molecule has 1 atom stereocenters. The van der Waals surface area contributed by atoms with Crippen molar-refractivity contribution >= 4 is 0 Å². The van der Waals surface area contributed by atoms with Gasteiger partial charge in [-0.05, 0) is 49.8 Å². The van der Waals surface area contributed by atoms with E-state index in [0.29, 0.717) is 11.8 Å². The van der Waals surface area contributed by atoms with Crippen LogP contribution in [-0.2, 0) is 6.42 Å². The Labute approximate surface area is 105 Å². The molecular weight excluding hydrogens is 210 g/mol. The van der Waals surface area contributed by atoms with Gasteiger partial charge in [-0.25, -0.2) is 0 Å². The molecule has 1 unspecified atom stereocenters. The Balaban J connectivity index is 2.87. The number of hydrogen-bond acceptors (Lipinski definition) is 2. The van der Waals surface area contributed by atoms with Crippen molar-refractivity contribution in [3.63, 3.8) is 0 Å². The molecule has 0 aliphatic carbocycles. The average Bonchev–Trinajstić information content (AvgIpc) is 2.28. The molecule has 1 aromatic carbocycles. The number of methoxy groups -OCH3 is 1. The molecule has 1 aromatic rings. The minimum atomic E-state index is 0.635. The summed E-state index contributed by atoms with van der Waals surface area (Å²) in [7, 11) is 1.74. The lowest BCUT2D eigenvalue weighted by Gasteiger charge is -2.21. The van der Waals surface area contributed by atoms with Gasteiger partial charge in [0.25, 0.3) is 0 Å². The highest BCUT2D eigenvalue weighted by atomic mass is 16.5. The molecule has 17 heavy (non-hydrogen) atoms. The molecule has 0 aliphatic rings. The lowest BCUT2D eigenvalue weighted by Crippen LogP contribution is -2.17. The van der Waals surface area contributed by atoms with E-state index in [4.69, 9.17) is 10.5 Å². The molecule has 1 rings (SSSR count). The van der Waals surface area contributed by atoms with Crippen LogP contribution in [0.1, 0.15) is 31.4 Å². The van der Waals surface area contributed by atoms with E-state index in [0.717, 1.165) is 25.1 Å². The first kappa shape index (κ1) is 14.0. The first-order valence-corrected chi connectivity index (χ1v) is 6.42. The van der Waals surface area contributed by atoms with Crippen LogP contribution in [-0.4, -0.2) is 13.7 Å². The summed E-state index contributed by atoms with van der Waals surface area (Å²) in [5.41, 5.74) is 8.28. The molecule has 96 valence electrons. The zero-order valence-electron chi connectivity index (χ0n) is 11.5. The van der Waals surface area contributed by atoms with Crippen LogP contribution in [0.25, 0.3) is 0 Å². The van der Waals surface area contributed by atoms with Crippen LogP contribution in [0, 0.1) is 18.8 Å². The van der Waals surface area contributed by atoms with Gasteiger partial charge in [-0.15, -0.1) is 0 Å². The quantitative estimate of drug-likeness (QED) is 0.822. The molecule has 2 nitrogen and oxygen atoms in total. The Bertz CT molecular complexity index is 347. The molecular formula is C15H25NO. The first-order valence-electron chi connectivity index (χ1n) is 6.42. The van der Waals surface area contributed by atoms with Crippen LogP contribution in [0.5, 0.6) is 5.75 Å². The summed E-state index contributed by atoms with van der Waals surface area (Å²) >= 11 is 0. The minimum Gasteiger partial charge on any atom is -0.496 e. The number of ether oxygens (including phenoxy) is 1. The SMILES string of the molecule is COc1ccc(C)cc1CC(CCN)C(C)C. The summed E-state index contributed by atoms with van der Waals surface area (Å²) in [6, 6.07) is 6.38. The van der Waals surface area contributed by atoms with E-state index in [9.17, 15) is 0 Å². The maximum absolute atomic E-state index is 5.69. The number of aryl methyl sites for hydroxylation is 1. The monoisotopic (exact) mass is 235 g/mol. The Morgan fingerprint density at radius 2 is 2.00 bits per heavy atom. The number of rotatable bonds is 6. The van der Waals surface area contributed by atoms with Gasteiger partial charge in [0.1, 0.15) is 5.75 Å². The third-order valence-corrected chi connectivity index (χ3v) is 3.40. The smallest absolute Gasteiger partial charge is 0.122 e. The Morgan fingerprint density at radius 3 is 2.53 bits per heavy atom. The highest BCUT2D eigenvalue weighted by Crippen LogP contribution is 2.27. The molecule has 0 fully saturated rings. The molecule has 2 N–H and O–H groups in total. The molecule has 0 radical (unpaired) electrons. The van der Waals surface area contributed by atoms with Gasteiger partial charge >= 0.3 is 0 Å². The molecule has 0 amide bonds. The van der Waals surface area contributed by atoms with Crippen molar-refractivity contribution in [2.75, 3.05) is 13.7 Å². The van der Waals surface area contributed by atoms with Crippen molar-refractivity contribution in [3.8, 4) is 5.75 Å². The van der Waals surface area contributed by atoms with Gasteiger partial charge in [0.15, 0.2) is 0 Å². The fraction of sp³-hybridized carbons (Fsp3) is 0.600. The maximum atomic E-state index is 5.69. The van der Waals surface area contributed by atoms with Crippen LogP contribution >= 0.6 is 0 Å². The van der Waals surface area contributed by atoms with Gasteiger partial charge in [0, 0.05) is 0 Å². The number of nitrogens with two attached hydrogens (primary N) is 1. The van der Waals surface area contributed by atoms with Crippen LogP contribution in [0.3, 0.4) is 0 Å². The standard InChI is InChI=1S/C15H25NO/c1-11(2)13(7-8-16)10-14-9-12(3)5-6-15(14)17-4/h5-6,9,11,13H,7-8,10,16H2,1-4H3. The zero-order valence-corrected chi connectivity index (χ0v) is 11.5. The molecule has 0 saturated heterocycles. The molecule has 0 saturated carbocycles. The summed E-state index contributed by atoms with van der Waals surface area (Å²) in [6.45, 7) is 7.42. The Kier molecular flexibility index (Phi) is 5.49. The Hall–Kier alpha value is -1.02. The van der Waals surface area contributed by atoms with Gasteiger partial charge in [0.05, 0.1) is 7.11 Å². The summed E-state index contributed by atoms with van der Waals surface area (Å²) < 4.78 is 5.43. The van der Waals surface area contributed by atoms with Crippen molar-refractivity contribution in [1.82, 2.24) is 0 Å². The van der Waals surface area contributed by atoms with Crippen molar-refractivity contribution < 1.29 is 4.74 Å². The summed E-state index contributed by atoms with van der Waals surface area (Å²) in [5, 5.41) is 0. The summed E-state index contributed by atoms with van der Waals surface area (Å²) in [5.74, 6) is 2.29. The van der Waals surface area contributed by atoms with Crippen LogP contribution < -0.4 is 10.5 Å². The summed E-state index contributed by atoms with van der Waals surface area (Å²) in [6.07, 6.45) is 2.13. The van der Waals surface area contributed by atoms with E-state index in [2.05, 4.69) is 39.0 Å². The fourth-order valence-corrected chi connectivity index (χ4v) is 2.23. The van der Waals surface area contributed by atoms with Crippen LogP contribution in [0.2, 0.25) is 0 Å². The lowest BCUT2D eigenvalue weighted by molar-refractivity contribution is 0.351. The van der Waals surface area contributed by atoms with Crippen molar-refractivity contribution in [2.24, 2.45) is 17.6 Å².